The van der Waals surface area contributed by atoms with Gasteiger partial charge in [0, 0.05) is 29.6 Å². The lowest BCUT2D eigenvalue weighted by atomic mass is 9.44. The highest BCUT2D eigenvalue weighted by Crippen LogP contribution is 2.71. The monoisotopic (exact) mass is 434 g/mol. The van der Waals surface area contributed by atoms with Crippen molar-refractivity contribution < 1.29 is 33.7 Å². The summed E-state index contributed by atoms with van der Waals surface area (Å²) in [6.07, 6.45) is 4.29. The molecule has 7 heteroatoms. The van der Waals surface area contributed by atoms with Gasteiger partial charge in [-0.05, 0) is 50.7 Å². The minimum atomic E-state index is -2.02. The summed E-state index contributed by atoms with van der Waals surface area (Å²) >= 11 is 0. The summed E-state index contributed by atoms with van der Waals surface area (Å²) in [5.41, 5.74) is -5.10. The number of rotatable bonds is 3. The van der Waals surface area contributed by atoms with Crippen LogP contribution >= 0.6 is 0 Å². The highest BCUT2D eigenvalue weighted by molar-refractivity contribution is 6.01. The van der Waals surface area contributed by atoms with Crippen LogP contribution in [0.4, 0.5) is 4.39 Å². The van der Waals surface area contributed by atoms with Crippen LogP contribution < -0.4 is 0 Å². The number of fused-ring (bicyclic) bond motifs is 5. The number of allylic oxidation sites excluding steroid dienone is 4. The van der Waals surface area contributed by atoms with Crippen LogP contribution in [0.3, 0.4) is 0 Å². The Morgan fingerprint density at radius 3 is 2.58 bits per heavy atom. The first-order valence-electron chi connectivity index (χ1n) is 11.0. The molecule has 0 aliphatic heterocycles. The summed E-state index contributed by atoms with van der Waals surface area (Å²) in [5, 5.41) is 21.1. The van der Waals surface area contributed by atoms with Crippen LogP contribution in [-0.2, 0) is 19.1 Å². The SMILES string of the molecule is CC(=O)O[C@]1(C(=O)CO)[C@H](C)C[C@@H]2[C@@H]3CCC4=CC(=O)C=C[C@]4(C)[C@@]3(F)[C@@H](O)C[C@]21C. The van der Waals surface area contributed by atoms with E-state index in [2.05, 4.69) is 0 Å². The zero-order valence-electron chi connectivity index (χ0n) is 18.5. The number of hydrogen-bond donors (Lipinski definition) is 2. The zero-order valence-corrected chi connectivity index (χ0v) is 18.5. The van der Waals surface area contributed by atoms with Gasteiger partial charge >= 0.3 is 5.97 Å². The molecule has 0 amide bonds. The van der Waals surface area contributed by atoms with Gasteiger partial charge in [0.05, 0.1) is 6.10 Å². The number of aliphatic hydroxyl groups is 2. The van der Waals surface area contributed by atoms with E-state index in [1.165, 1.54) is 19.1 Å². The molecule has 4 aliphatic rings. The highest BCUT2D eigenvalue weighted by Gasteiger charge is 2.77. The molecule has 2 N–H and O–H groups in total. The van der Waals surface area contributed by atoms with Crippen molar-refractivity contribution in [3.63, 3.8) is 0 Å². The van der Waals surface area contributed by atoms with E-state index in [1.54, 1.807) is 26.8 Å². The maximum atomic E-state index is 17.1. The lowest BCUT2D eigenvalue weighted by Crippen LogP contribution is -2.70. The Balaban J connectivity index is 1.86. The minimum absolute atomic E-state index is 0.0846. The molecule has 0 saturated heterocycles. The maximum absolute atomic E-state index is 17.1. The first-order chi connectivity index (χ1) is 14.4. The first kappa shape index (κ1) is 22.3. The molecule has 6 nitrogen and oxygen atoms in total. The van der Waals surface area contributed by atoms with Gasteiger partial charge in [0.25, 0.3) is 0 Å². The Kier molecular flexibility index (Phi) is 4.91. The predicted octanol–water partition coefficient (Wildman–Crippen LogP) is 2.47. The number of alkyl halides is 1. The summed E-state index contributed by atoms with van der Waals surface area (Å²) < 4.78 is 22.8. The molecular formula is C24H31FO6. The van der Waals surface area contributed by atoms with Crippen molar-refractivity contribution in [2.24, 2.45) is 28.6 Å². The molecule has 0 aromatic carbocycles. The van der Waals surface area contributed by atoms with Gasteiger partial charge in [0.15, 0.2) is 17.1 Å². The Labute approximate surface area is 181 Å². The number of carbonyl (C=O) groups excluding carboxylic acids is 3. The topological polar surface area (TPSA) is 101 Å². The Hall–Kier alpha value is -1.86. The number of ketones is 2. The normalized spacial score (nSPS) is 48.4. The van der Waals surface area contributed by atoms with Crippen LogP contribution in [0.1, 0.15) is 53.4 Å². The molecule has 3 saturated carbocycles. The van der Waals surface area contributed by atoms with Crippen molar-refractivity contribution in [1.82, 2.24) is 0 Å². The smallest absolute Gasteiger partial charge is 0.303 e. The summed E-state index contributed by atoms with van der Waals surface area (Å²) in [4.78, 5) is 37.0. The molecule has 0 heterocycles. The van der Waals surface area contributed by atoms with E-state index in [9.17, 15) is 24.6 Å². The van der Waals surface area contributed by atoms with Crippen LogP contribution in [0, 0.1) is 28.6 Å². The van der Waals surface area contributed by atoms with Gasteiger partial charge in [0.2, 0.25) is 5.78 Å². The molecule has 0 aromatic rings. The van der Waals surface area contributed by atoms with E-state index in [0.29, 0.717) is 24.8 Å². The van der Waals surface area contributed by atoms with Gasteiger partial charge in [-0.25, -0.2) is 4.39 Å². The van der Waals surface area contributed by atoms with Crippen molar-refractivity contribution in [2.45, 2.75) is 70.8 Å². The first-order valence-corrected chi connectivity index (χ1v) is 11.0. The van der Waals surface area contributed by atoms with Gasteiger partial charge in [-0.1, -0.05) is 25.5 Å². The number of halogens is 1. The Morgan fingerprint density at radius 1 is 1.29 bits per heavy atom. The standard InChI is InChI=1S/C24H31FO6/c1-13-9-18-17-6-5-15-10-16(28)7-8-21(15,3)23(17,25)19(29)11-22(18,4)24(13,20(30)12-26)31-14(2)27/h7-8,10,13,17-19,26,29H,5-6,9,11-12H2,1-4H3/t13-,17+,18-,19+,21+,22-,23+,24+/m1/s1. The number of esters is 1. The fourth-order valence-electron chi connectivity index (χ4n) is 7.74. The third kappa shape index (κ3) is 2.53. The van der Waals surface area contributed by atoms with Gasteiger partial charge < -0.3 is 14.9 Å². The quantitative estimate of drug-likeness (QED) is 0.662. The van der Waals surface area contributed by atoms with Gasteiger partial charge in [0.1, 0.15) is 6.61 Å². The van der Waals surface area contributed by atoms with Crippen molar-refractivity contribution in [3.8, 4) is 0 Å². The zero-order chi connectivity index (χ0) is 23.0. The molecule has 8 atom stereocenters. The molecule has 3 fully saturated rings. The number of ether oxygens (including phenoxy) is 1. The Morgan fingerprint density at radius 2 is 1.97 bits per heavy atom. The third-order valence-electron chi connectivity index (χ3n) is 9.04. The third-order valence-corrected chi connectivity index (χ3v) is 9.04. The van der Waals surface area contributed by atoms with Crippen molar-refractivity contribution in [3.05, 3.63) is 23.8 Å². The molecule has 170 valence electrons. The van der Waals surface area contributed by atoms with E-state index in [-0.39, 0.29) is 18.1 Å². The van der Waals surface area contributed by atoms with Crippen LogP contribution in [-0.4, -0.2) is 51.7 Å². The van der Waals surface area contributed by atoms with Gasteiger partial charge in [-0.2, -0.15) is 0 Å². The average Bonchev–Trinajstić information content (AvgIpc) is 2.90. The second kappa shape index (κ2) is 6.82. The molecule has 4 aliphatic carbocycles. The second-order valence-corrected chi connectivity index (χ2v) is 10.3. The fraction of sp³-hybridized carbons (Fsp3) is 0.708. The van der Waals surface area contributed by atoms with E-state index in [4.69, 9.17) is 4.74 Å². The number of hydrogen-bond acceptors (Lipinski definition) is 6. The molecule has 0 radical (unpaired) electrons. The summed E-state index contributed by atoms with van der Waals surface area (Å²) in [6, 6.07) is 0. The number of carbonyl (C=O) groups is 3. The fourth-order valence-corrected chi connectivity index (χ4v) is 7.74. The lowest BCUT2D eigenvalue weighted by molar-refractivity contribution is -0.227. The molecule has 4 rings (SSSR count). The van der Waals surface area contributed by atoms with Crippen LogP contribution in [0.25, 0.3) is 0 Å². The van der Waals surface area contributed by atoms with Crippen molar-refractivity contribution in [2.75, 3.05) is 6.61 Å². The molecule has 31 heavy (non-hydrogen) atoms. The summed E-state index contributed by atoms with van der Waals surface area (Å²) in [6.45, 7) is 5.74. The maximum Gasteiger partial charge on any atom is 0.303 e. The average molecular weight is 435 g/mol. The Bertz CT molecular complexity index is 910. The van der Waals surface area contributed by atoms with Crippen LogP contribution in [0.15, 0.2) is 23.8 Å². The van der Waals surface area contributed by atoms with Crippen molar-refractivity contribution >= 4 is 17.5 Å². The highest BCUT2D eigenvalue weighted by atomic mass is 19.1. The molecule has 0 spiro atoms. The summed E-state index contributed by atoms with van der Waals surface area (Å²) in [7, 11) is 0. The lowest BCUT2D eigenvalue weighted by Gasteiger charge is -2.62. The van der Waals surface area contributed by atoms with E-state index < -0.39 is 58.4 Å². The largest absolute Gasteiger partial charge is 0.450 e. The van der Waals surface area contributed by atoms with Crippen LogP contribution in [0.2, 0.25) is 0 Å². The molecule has 0 bridgehead atoms. The van der Waals surface area contributed by atoms with Crippen molar-refractivity contribution in [1.29, 1.82) is 0 Å². The van der Waals surface area contributed by atoms with E-state index >= 15 is 4.39 Å². The molecular weight excluding hydrogens is 403 g/mol. The number of Topliss-reactive ketones (excluding diaryl/α,β-unsaturated/α-hetero) is 1. The molecule has 0 aromatic heterocycles. The second-order valence-electron chi connectivity index (χ2n) is 10.3. The van der Waals surface area contributed by atoms with Gasteiger partial charge in [-0.3, -0.25) is 14.4 Å². The molecule has 0 unspecified atom stereocenters. The predicted molar refractivity (Wildman–Crippen MR) is 109 cm³/mol. The van der Waals surface area contributed by atoms with E-state index in [0.717, 1.165) is 0 Å². The number of aliphatic hydroxyl groups excluding tert-OH is 2. The minimum Gasteiger partial charge on any atom is -0.450 e. The summed E-state index contributed by atoms with van der Waals surface area (Å²) in [5.74, 6) is -2.79. The van der Waals surface area contributed by atoms with E-state index in [1.807, 2.05) is 0 Å². The van der Waals surface area contributed by atoms with Crippen LogP contribution in [0.5, 0.6) is 0 Å². The van der Waals surface area contributed by atoms with Gasteiger partial charge in [-0.15, -0.1) is 0 Å².